The van der Waals surface area contributed by atoms with Crippen LogP contribution >= 0.6 is 15.9 Å². The van der Waals surface area contributed by atoms with Gasteiger partial charge >= 0.3 is 0 Å². The molecule has 1 aliphatic rings. The van der Waals surface area contributed by atoms with Crippen LogP contribution in [0, 0.1) is 5.92 Å². The Morgan fingerprint density at radius 3 is 2.59 bits per heavy atom. The molecule has 144 valence electrons. The van der Waals surface area contributed by atoms with Crippen LogP contribution in [-0.2, 0) is 18.4 Å². The van der Waals surface area contributed by atoms with Gasteiger partial charge < -0.3 is 15.0 Å². The van der Waals surface area contributed by atoms with E-state index >= 15 is 0 Å². The van der Waals surface area contributed by atoms with E-state index in [1.165, 1.54) is 4.68 Å². The Hall–Kier alpha value is -2.35. The molecule has 1 N–H and O–H groups in total. The summed E-state index contributed by atoms with van der Waals surface area (Å²) in [6.45, 7) is 1.94. The lowest BCUT2D eigenvalue weighted by Gasteiger charge is -2.33. The second-order valence-corrected chi connectivity index (χ2v) is 7.39. The number of piperidine rings is 1. The van der Waals surface area contributed by atoms with Crippen molar-refractivity contribution in [1.82, 2.24) is 15.1 Å². The molecule has 1 aromatic carbocycles. The normalized spacial score (nSPS) is 14.9. The molecule has 3 rings (SSSR count). The van der Waals surface area contributed by atoms with Crippen LogP contribution in [0.1, 0.15) is 18.4 Å². The number of hydrogen-bond donors (Lipinski definition) is 1. The molecule has 0 unspecified atom stereocenters. The van der Waals surface area contributed by atoms with Gasteiger partial charge in [-0.1, -0.05) is 12.1 Å². The fraction of sp³-hybridized carbons (Fsp3) is 0.421. The number of carbonyl (C=O) groups excluding carboxylic acids is 1. The first kappa shape index (κ1) is 19.4. The number of hydrogen-bond acceptors (Lipinski definition) is 5. The molecule has 2 aromatic rings. The summed E-state index contributed by atoms with van der Waals surface area (Å²) < 4.78 is 6.95. The lowest BCUT2D eigenvalue weighted by atomic mass is 9.95. The summed E-state index contributed by atoms with van der Waals surface area (Å²) in [5, 5.41) is 7.10. The van der Waals surface area contributed by atoms with E-state index in [2.05, 4.69) is 31.2 Å². The summed E-state index contributed by atoms with van der Waals surface area (Å²) in [5.74, 6) is 0.859. The highest BCUT2D eigenvalue weighted by molar-refractivity contribution is 9.10. The number of methoxy groups -OCH3 is 1. The average Bonchev–Trinajstić information content (AvgIpc) is 2.71. The van der Waals surface area contributed by atoms with Crippen LogP contribution in [-0.4, -0.2) is 35.9 Å². The first-order valence-electron chi connectivity index (χ1n) is 8.87. The number of aromatic nitrogens is 2. The van der Waals surface area contributed by atoms with Crippen molar-refractivity contribution in [2.75, 3.05) is 25.1 Å². The Bertz CT molecular complexity index is 858. The number of ether oxygens (including phenoxy) is 1. The van der Waals surface area contributed by atoms with Crippen molar-refractivity contribution in [1.29, 1.82) is 0 Å². The van der Waals surface area contributed by atoms with Crippen LogP contribution in [0.4, 0.5) is 5.69 Å². The third-order valence-electron chi connectivity index (χ3n) is 4.89. The highest BCUT2D eigenvalue weighted by Gasteiger charge is 2.26. The van der Waals surface area contributed by atoms with Gasteiger partial charge in [0.05, 0.1) is 19.0 Å². The molecule has 1 saturated heterocycles. The fourth-order valence-electron chi connectivity index (χ4n) is 3.18. The molecule has 2 heterocycles. The Balaban J connectivity index is 1.53. The Morgan fingerprint density at radius 2 is 1.96 bits per heavy atom. The molecule has 0 saturated carbocycles. The van der Waals surface area contributed by atoms with Crippen LogP contribution in [0.25, 0.3) is 0 Å². The van der Waals surface area contributed by atoms with Gasteiger partial charge in [0.1, 0.15) is 10.2 Å². The topological polar surface area (TPSA) is 76.5 Å². The monoisotopic (exact) mass is 434 g/mol. The summed E-state index contributed by atoms with van der Waals surface area (Å²) in [4.78, 5) is 26.6. The molecule has 27 heavy (non-hydrogen) atoms. The molecule has 0 atom stereocenters. The van der Waals surface area contributed by atoms with Gasteiger partial charge in [-0.2, -0.15) is 5.10 Å². The minimum absolute atomic E-state index is 0.0159. The highest BCUT2D eigenvalue weighted by Crippen LogP contribution is 2.27. The predicted molar refractivity (Wildman–Crippen MR) is 107 cm³/mol. The summed E-state index contributed by atoms with van der Waals surface area (Å²) >= 11 is 3.37. The maximum absolute atomic E-state index is 12.5. The minimum atomic E-state index is -0.160. The first-order valence-corrected chi connectivity index (χ1v) is 9.66. The second kappa shape index (κ2) is 8.56. The molecular formula is C19H23BrN4O3. The van der Waals surface area contributed by atoms with Crippen molar-refractivity contribution in [3.8, 4) is 5.75 Å². The molecule has 0 spiro atoms. The average molecular weight is 435 g/mol. The van der Waals surface area contributed by atoms with Crippen LogP contribution in [0.2, 0.25) is 0 Å². The van der Waals surface area contributed by atoms with Gasteiger partial charge in [0, 0.05) is 32.6 Å². The molecule has 0 radical (unpaired) electrons. The molecule has 1 fully saturated rings. The zero-order valence-electron chi connectivity index (χ0n) is 15.4. The number of carbonyl (C=O) groups is 1. The molecular weight excluding hydrogens is 412 g/mol. The molecule has 1 aromatic heterocycles. The number of anilines is 1. The largest absolute Gasteiger partial charge is 0.497 e. The van der Waals surface area contributed by atoms with Crippen LogP contribution in [0.3, 0.4) is 0 Å². The van der Waals surface area contributed by atoms with Gasteiger partial charge in [-0.3, -0.25) is 9.59 Å². The maximum atomic E-state index is 12.5. The van der Waals surface area contributed by atoms with Crippen molar-refractivity contribution < 1.29 is 9.53 Å². The van der Waals surface area contributed by atoms with Gasteiger partial charge in [-0.25, -0.2) is 4.68 Å². The lowest BCUT2D eigenvalue weighted by Crippen LogP contribution is -2.41. The maximum Gasteiger partial charge on any atom is 0.282 e. The van der Waals surface area contributed by atoms with Crippen LogP contribution in [0.15, 0.2) is 39.7 Å². The molecule has 8 heteroatoms. The second-order valence-electron chi connectivity index (χ2n) is 6.60. The Kier molecular flexibility index (Phi) is 6.15. The van der Waals surface area contributed by atoms with E-state index in [4.69, 9.17) is 4.74 Å². The summed E-state index contributed by atoms with van der Waals surface area (Å²) in [6.07, 6.45) is 3.18. The SMILES string of the molecule is COc1ccc(CNC(=O)C2CCN(c3cnn(C)c(=O)c3Br)CC2)cc1. The van der Waals surface area contributed by atoms with Gasteiger partial charge in [0.15, 0.2) is 0 Å². The summed E-state index contributed by atoms with van der Waals surface area (Å²) in [5.41, 5.74) is 1.67. The van der Waals surface area contributed by atoms with Crippen LogP contribution in [0.5, 0.6) is 5.75 Å². The first-order chi connectivity index (χ1) is 13.0. The van der Waals surface area contributed by atoms with Crippen molar-refractivity contribution in [2.45, 2.75) is 19.4 Å². The van der Waals surface area contributed by atoms with E-state index in [-0.39, 0.29) is 17.4 Å². The van der Waals surface area contributed by atoms with Crippen molar-refractivity contribution in [3.05, 3.63) is 50.9 Å². The highest BCUT2D eigenvalue weighted by atomic mass is 79.9. The number of halogens is 1. The summed E-state index contributed by atoms with van der Waals surface area (Å²) in [7, 11) is 3.25. The number of nitrogens with zero attached hydrogens (tertiary/aromatic N) is 3. The Labute approximate surface area is 166 Å². The zero-order chi connectivity index (χ0) is 19.4. The molecule has 0 aliphatic carbocycles. The van der Waals surface area contributed by atoms with Crippen molar-refractivity contribution in [2.24, 2.45) is 13.0 Å². The van der Waals surface area contributed by atoms with E-state index in [1.807, 2.05) is 24.3 Å². The third-order valence-corrected chi connectivity index (χ3v) is 5.64. The molecule has 1 aliphatic heterocycles. The van der Waals surface area contributed by atoms with E-state index in [0.29, 0.717) is 24.1 Å². The predicted octanol–water partition coefficient (Wildman–Crippen LogP) is 2.08. The van der Waals surface area contributed by atoms with Gasteiger partial charge in [-0.05, 0) is 46.5 Å². The smallest absolute Gasteiger partial charge is 0.282 e. The fourth-order valence-corrected chi connectivity index (χ4v) is 3.79. The van der Waals surface area contributed by atoms with E-state index in [9.17, 15) is 9.59 Å². The van der Waals surface area contributed by atoms with E-state index < -0.39 is 0 Å². The van der Waals surface area contributed by atoms with Gasteiger partial charge in [0.2, 0.25) is 5.91 Å². The Morgan fingerprint density at radius 1 is 1.30 bits per heavy atom. The number of aryl methyl sites for hydroxylation is 1. The zero-order valence-corrected chi connectivity index (χ0v) is 17.0. The summed E-state index contributed by atoms with van der Waals surface area (Å²) in [6, 6.07) is 7.66. The van der Waals surface area contributed by atoms with E-state index in [1.54, 1.807) is 20.4 Å². The van der Waals surface area contributed by atoms with E-state index in [0.717, 1.165) is 29.8 Å². The van der Waals surface area contributed by atoms with Gasteiger partial charge in [0.25, 0.3) is 5.56 Å². The van der Waals surface area contributed by atoms with Crippen LogP contribution < -0.4 is 20.5 Å². The molecule has 0 bridgehead atoms. The third kappa shape index (κ3) is 4.50. The lowest BCUT2D eigenvalue weighted by molar-refractivity contribution is -0.125. The van der Waals surface area contributed by atoms with Crippen molar-refractivity contribution >= 4 is 27.5 Å². The van der Waals surface area contributed by atoms with Crippen molar-refractivity contribution in [3.63, 3.8) is 0 Å². The van der Waals surface area contributed by atoms with Gasteiger partial charge in [-0.15, -0.1) is 0 Å². The standard InChI is InChI=1S/C19H23BrN4O3/c1-23-19(26)17(20)16(12-22-23)24-9-7-14(8-10-24)18(25)21-11-13-3-5-15(27-2)6-4-13/h3-6,12,14H,7-11H2,1-2H3,(H,21,25). The molecule has 7 nitrogen and oxygen atoms in total. The number of amides is 1. The molecule has 1 amide bonds. The number of nitrogens with one attached hydrogen (secondary N) is 1. The minimum Gasteiger partial charge on any atom is -0.497 e. The number of rotatable bonds is 5. The number of benzene rings is 1. The quantitative estimate of drug-likeness (QED) is 0.779.